The minimum absolute atomic E-state index is 0.0264. The SMILES string of the molecule is N#C/C(=C\c1ccc(OCC(=O)NCCc2ccccc2)cc1)C(=O)Nc1cccc(Br)c1. The fraction of sp³-hybridized carbons (Fsp3) is 0.115. The van der Waals surface area contributed by atoms with Crippen molar-refractivity contribution in [1.82, 2.24) is 5.32 Å². The zero-order valence-electron chi connectivity index (χ0n) is 17.8. The van der Waals surface area contributed by atoms with Gasteiger partial charge in [0.2, 0.25) is 0 Å². The molecule has 0 bridgehead atoms. The summed E-state index contributed by atoms with van der Waals surface area (Å²) in [7, 11) is 0. The van der Waals surface area contributed by atoms with Crippen LogP contribution in [-0.2, 0) is 16.0 Å². The molecule has 0 heterocycles. The number of nitrogens with zero attached hydrogens (tertiary/aromatic N) is 1. The maximum Gasteiger partial charge on any atom is 0.266 e. The van der Waals surface area contributed by atoms with Gasteiger partial charge in [-0.05, 0) is 54.0 Å². The number of nitriles is 1. The van der Waals surface area contributed by atoms with Crippen molar-refractivity contribution in [1.29, 1.82) is 5.26 Å². The number of nitrogens with one attached hydrogen (secondary N) is 2. The first kappa shape index (κ1) is 23.8. The zero-order valence-corrected chi connectivity index (χ0v) is 19.3. The van der Waals surface area contributed by atoms with Gasteiger partial charge in [0.25, 0.3) is 11.8 Å². The Morgan fingerprint density at radius 1 is 1.00 bits per heavy atom. The van der Waals surface area contributed by atoms with E-state index < -0.39 is 5.91 Å². The summed E-state index contributed by atoms with van der Waals surface area (Å²) in [6, 6.07) is 25.8. The molecule has 0 aliphatic heterocycles. The van der Waals surface area contributed by atoms with Crippen LogP contribution in [0.5, 0.6) is 5.75 Å². The third-order valence-corrected chi connectivity index (χ3v) is 5.08. The smallest absolute Gasteiger partial charge is 0.266 e. The summed E-state index contributed by atoms with van der Waals surface area (Å²) in [5.41, 5.74) is 2.38. The van der Waals surface area contributed by atoms with E-state index in [-0.39, 0.29) is 18.1 Å². The molecule has 33 heavy (non-hydrogen) atoms. The van der Waals surface area contributed by atoms with Gasteiger partial charge in [0, 0.05) is 16.7 Å². The largest absolute Gasteiger partial charge is 0.484 e. The molecule has 7 heteroatoms. The molecule has 3 rings (SSSR count). The van der Waals surface area contributed by atoms with Gasteiger partial charge in [-0.2, -0.15) is 5.26 Å². The molecule has 3 aromatic carbocycles. The van der Waals surface area contributed by atoms with Crippen molar-refractivity contribution in [2.24, 2.45) is 0 Å². The number of benzene rings is 3. The molecule has 0 aliphatic carbocycles. The fourth-order valence-electron chi connectivity index (χ4n) is 2.93. The van der Waals surface area contributed by atoms with E-state index in [0.717, 1.165) is 16.5 Å². The Morgan fingerprint density at radius 2 is 1.76 bits per heavy atom. The highest BCUT2D eigenvalue weighted by Crippen LogP contribution is 2.18. The Balaban J connectivity index is 1.49. The van der Waals surface area contributed by atoms with Crippen LogP contribution in [-0.4, -0.2) is 25.0 Å². The van der Waals surface area contributed by atoms with Crippen molar-refractivity contribution in [3.05, 3.63) is 100 Å². The van der Waals surface area contributed by atoms with Crippen LogP contribution < -0.4 is 15.4 Å². The quantitative estimate of drug-likeness (QED) is 0.326. The molecule has 0 aliphatic rings. The maximum atomic E-state index is 12.4. The molecule has 6 nitrogen and oxygen atoms in total. The summed E-state index contributed by atoms with van der Waals surface area (Å²) in [6.07, 6.45) is 2.25. The van der Waals surface area contributed by atoms with E-state index in [1.165, 1.54) is 6.08 Å². The molecule has 0 fully saturated rings. The average Bonchev–Trinajstić information content (AvgIpc) is 2.82. The molecule has 0 spiro atoms. The second kappa shape index (κ2) is 12.2. The first-order chi connectivity index (χ1) is 16.0. The van der Waals surface area contributed by atoms with Gasteiger partial charge >= 0.3 is 0 Å². The van der Waals surface area contributed by atoms with Gasteiger partial charge in [0.15, 0.2) is 6.61 Å². The Kier molecular flexibility index (Phi) is 8.80. The second-order valence-corrected chi connectivity index (χ2v) is 7.99. The molecule has 3 aromatic rings. The third-order valence-electron chi connectivity index (χ3n) is 4.59. The second-order valence-electron chi connectivity index (χ2n) is 7.08. The number of hydrogen-bond acceptors (Lipinski definition) is 4. The highest BCUT2D eigenvalue weighted by atomic mass is 79.9. The van der Waals surface area contributed by atoms with Crippen LogP contribution in [0.1, 0.15) is 11.1 Å². The number of rotatable bonds is 9. The number of amides is 2. The number of anilines is 1. The van der Waals surface area contributed by atoms with Crippen LogP contribution in [0, 0.1) is 11.3 Å². The maximum absolute atomic E-state index is 12.4. The zero-order chi connectivity index (χ0) is 23.5. The lowest BCUT2D eigenvalue weighted by molar-refractivity contribution is -0.123. The van der Waals surface area contributed by atoms with Gasteiger partial charge < -0.3 is 15.4 Å². The summed E-state index contributed by atoms with van der Waals surface area (Å²) >= 11 is 3.34. The first-order valence-electron chi connectivity index (χ1n) is 10.3. The van der Waals surface area contributed by atoms with E-state index in [2.05, 4.69) is 26.6 Å². The number of carbonyl (C=O) groups excluding carboxylic acids is 2. The van der Waals surface area contributed by atoms with Crippen LogP contribution >= 0.6 is 15.9 Å². The summed E-state index contributed by atoms with van der Waals surface area (Å²) in [6.45, 7) is 0.442. The minimum atomic E-state index is -0.497. The number of ether oxygens (including phenoxy) is 1. The van der Waals surface area contributed by atoms with Crippen molar-refractivity contribution in [2.45, 2.75) is 6.42 Å². The molecule has 0 unspecified atom stereocenters. The summed E-state index contributed by atoms with van der Waals surface area (Å²) < 4.78 is 6.34. The van der Waals surface area contributed by atoms with Gasteiger partial charge in [-0.3, -0.25) is 9.59 Å². The lowest BCUT2D eigenvalue weighted by Gasteiger charge is -2.08. The van der Waals surface area contributed by atoms with Crippen LogP contribution in [0.15, 0.2) is 88.9 Å². The molecule has 0 atom stereocenters. The van der Waals surface area contributed by atoms with E-state index in [1.807, 2.05) is 42.5 Å². The Labute approximate surface area is 201 Å². The number of carbonyl (C=O) groups is 2. The molecular formula is C26H22BrN3O3. The monoisotopic (exact) mass is 503 g/mol. The molecule has 0 saturated heterocycles. The van der Waals surface area contributed by atoms with Gasteiger partial charge in [0.05, 0.1) is 0 Å². The number of halogens is 1. The minimum Gasteiger partial charge on any atom is -0.484 e. The van der Waals surface area contributed by atoms with Gasteiger partial charge in [0.1, 0.15) is 17.4 Å². The van der Waals surface area contributed by atoms with Crippen LogP contribution in [0.2, 0.25) is 0 Å². The van der Waals surface area contributed by atoms with Gasteiger partial charge in [-0.15, -0.1) is 0 Å². The van der Waals surface area contributed by atoms with E-state index in [0.29, 0.717) is 23.5 Å². The topological polar surface area (TPSA) is 91.2 Å². The van der Waals surface area contributed by atoms with E-state index in [4.69, 9.17) is 4.74 Å². The predicted molar refractivity (Wildman–Crippen MR) is 131 cm³/mol. The average molecular weight is 504 g/mol. The van der Waals surface area contributed by atoms with E-state index in [9.17, 15) is 14.9 Å². The molecule has 0 aromatic heterocycles. The van der Waals surface area contributed by atoms with Gasteiger partial charge in [-0.25, -0.2) is 0 Å². The fourth-order valence-corrected chi connectivity index (χ4v) is 3.33. The van der Waals surface area contributed by atoms with Crippen LogP contribution in [0.25, 0.3) is 6.08 Å². The standard InChI is InChI=1S/C26H22BrN3O3/c27-22-7-4-8-23(16-22)30-26(32)21(17-28)15-20-9-11-24(12-10-20)33-18-25(31)29-14-13-19-5-2-1-3-6-19/h1-12,15-16H,13-14,18H2,(H,29,31)(H,30,32)/b21-15+. The summed E-state index contributed by atoms with van der Waals surface area (Å²) in [5, 5.41) is 14.9. The normalized spacial score (nSPS) is 10.7. The number of hydrogen-bond donors (Lipinski definition) is 2. The lowest BCUT2D eigenvalue weighted by atomic mass is 10.1. The van der Waals surface area contributed by atoms with Crippen LogP contribution in [0.3, 0.4) is 0 Å². The van der Waals surface area contributed by atoms with Crippen molar-refractivity contribution in [3.8, 4) is 11.8 Å². The third kappa shape index (κ3) is 7.95. The van der Waals surface area contributed by atoms with E-state index >= 15 is 0 Å². The molecule has 2 amide bonds. The highest BCUT2D eigenvalue weighted by molar-refractivity contribution is 9.10. The Hall–Kier alpha value is -3.89. The lowest BCUT2D eigenvalue weighted by Crippen LogP contribution is -2.30. The molecular weight excluding hydrogens is 482 g/mol. The van der Waals surface area contributed by atoms with Gasteiger partial charge in [-0.1, -0.05) is 64.5 Å². The predicted octanol–water partition coefficient (Wildman–Crippen LogP) is 4.73. The van der Waals surface area contributed by atoms with Crippen molar-refractivity contribution in [3.63, 3.8) is 0 Å². The highest BCUT2D eigenvalue weighted by Gasteiger charge is 2.10. The van der Waals surface area contributed by atoms with Crippen LogP contribution in [0.4, 0.5) is 5.69 Å². The molecule has 0 radical (unpaired) electrons. The Bertz CT molecular complexity index is 1170. The van der Waals surface area contributed by atoms with Crippen molar-refractivity contribution < 1.29 is 14.3 Å². The summed E-state index contributed by atoms with van der Waals surface area (Å²) in [4.78, 5) is 24.4. The Morgan fingerprint density at radius 3 is 2.45 bits per heavy atom. The van der Waals surface area contributed by atoms with Crippen molar-refractivity contribution in [2.75, 3.05) is 18.5 Å². The first-order valence-corrected chi connectivity index (χ1v) is 11.0. The summed E-state index contributed by atoms with van der Waals surface area (Å²) in [5.74, 6) is -0.184. The molecule has 166 valence electrons. The van der Waals surface area contributed by atoms with Crippen molar-refractivity contribution >= 4 is 39.5 Å². The molecule has 0 saturated carbocycles. The molecule has 2 N–H and O–H groups in total. The van der Waals surface area contributed by atoms with E-state index in [1.54, 1.807) is 42.5 Å².